The van der Waals surface area contributed by atoms with Crippen LogP contribution in [0.5, 0.6) is 5.75 Å². The van der Waals surface area contributed by atoms with Crippen molar-refractivity contribution in [2.24, 2.45) is 0 Å². The van der Waals surface area contributed by atoms with Gasteiger partial charge in [0.15, 0.2) is 11.6 Å². The Labute approximate surface area is 166 Å². The Morgan fingerprint density at radius 3 is 2.57 bits per heavy atom. The van der Waals surface area contributed by atoms with E-state index >= 15 is 0 Å². The fourth-order valence-electron chi connectivity index (χ4n) is 4.61. The van der Waals surface area contributed by atoms with Gasteiger partial charge in [0.25, 0.3) is 0 Å². The van der Waals surface area contributed by atoms with Crippen LogP contribution in [-0.2, 0) is 0 Å². The average Bonchev–Trinajstić information content (AvgIpc) is 2.73. The maximum atomic E-state index is 14.1. The van der Waals surface area contributed by atoms with Crippen molar-refractivity contribution in [2.75, 3.05) is 52.2 Å². The number of likely N-dealkylation sites (tertiary alicyclic amines) is 2. The van der Waals surface area contributed by atoms with Gasteiger partial charge in [0.05, 0.1) is 12.6 Å². The van der Waals surface area contributed by atoms with Crippen LogP contribution in [0.2, 0.25) is 0 Å². The van der Waals surface area contributed by atoms with Gasteiger partial charge in [-0.3, -0.25) is 4.90 Å². The molecular formula is C21H30FN5O. The zero-order chi connectivity index (χ0) is 19.6. The molecule has 2 aliphatic rings. The van der Waals surface area contributed by atoms with Crippen molar-refractivity contribution in [3.63, 3.8) is 0 Å². The van der Waals surface area contributed by atoms with Gasteiger partial charge in [-0.1, -0.05) is 6.42 Å². The molecule has 0 unspecified atom stereocenters. The van der Waals surface area contributed by atoms with Gasteiger partial charge in [-0.25, -0.2) is 14.4 Å². The van der Waals surface area contributed by atoms with E-state index < -0.39 is 5.82 Å². The molecule has 28 heavy (non-hydrogen) atoms. The van der Waals surface area contributed by atoms with Crippen molar-refractivity contribution in [2.45, 2.75) is 37.6 Å². The standard InChI is InChI=1S/C21H30FN5O/c1-26-10-6-21(7-11-26,27-8-4-3-5-9-27)14-23-20-16-12-19(28-2)17(22)13-18(16)24-15-25-20/h12-13,15H,3-11,14H2,1-2H3,(H,23,24,25). The molecule has 7 heteroatoms. The Kier molecular flexibility index (Phi) is 5.64. The smallest absolute Gasteiger partial charge is 0.167 e. The number of fused-ring (bicyclic) bond motifs is 1. The summed E-state index contributed by atoms with van der Waals surface area (Å²) in [5.74, 6) is 0.564. The van der Waals surface area contributed by atoms with E-state index in [-0.39, 0.29) is 11.3 Å². The molecule has 0 aliphatic carbocycles. The van der Waals surface area contributed by atoms with E-state index in [4.69, 9.17) is 4.74 Å². The van der Waals surface area contributed by atoms with Gasteiger partial charge in [0, 0.05) is 23.5 Å². The fraction of sp³-hybridized carbons (Fsp3) is 0.619. The number of hydrogen-bond acceptors (Lipinski definition) is 6. The van der Waals surface area contributed by atoms with Crippen molar-refractivity contribution in [3.05, 3.63) is 24.3 Å². The van der Waals surface area contributed by atoms with E-state index in [9.17, 15) is 4.39 Å². The highest BCUT2D eigenvalue weighted by molar-refractivity contribution is 5.90. The minimum absolute atomic E-state index is 0.147. The van der Waals surface area contributed by atoms with Gasteiger partial charge in [-0.2, -0.15) is 0 Å². The lowest BCUT2D eigenvalue weighted by Gasteiger charge is -2.50. The summed E-state index contributed by atoms with van der Waals surface area (Å²) in [4.78, 5) is 13.8. The number of aromatic nitrogens is 2. The van der Waals surface area contributed by atoms with Crippen LogP contribution < -0.4 is 10.1 Å². The third-order valence-electron chi connectivity index (χ3n) is 6.44. The molecule has 0 bridgehead atoms. The first-order chi connectivity index (χ1) is 13.6. The molecule has 0 radical (unpaired) electrons. The maximum Gasteiger partial charge on any atom is 0.167 e. The second kappa shape index (κ2) is 8.17. The molecule has 0 atom stereocenters. The highest BCUT2D eigenvalue weighted by Crippen LogP contribution is 2.33. The van der Waals surface area contributed by atoms with Crippen LogP contribution >= 0.6 is 0 Å². The highest BCUT2D eigenvalue weighted by Gasteiger charge is 2.39. The Hall–Kier alpha value is -1.99. The first-order valence-electron chi connectivity index (χ1n) is 10.3. The lowest BCUT2D eigenvalue weighted by atomic mass is 9.84. The molecule has 2 fully saturated rings. The molecule has 3 heterocycles. The molecule has 0 spiro atoms. The van der Waals surface area contributed by atoms with Gasteiger partial charge in [-0.05, 0) is 65.0 Å². The largest absolute Gasteiger partial charge is 0.494 e. The first-order valence-corrected chi connectivity index (χ1v) is 10.3. The zero-order valence-electron chi connectivity index (χ0n) is 16.9. The monoisotopic (exact) mass is 387 g/mol. The lowest BCUT2D eigenvalue weighted by Crippen LogP contribution is -2.59. The summed E-state index contributed by atoms with van der Waals surface area (Å²) >= 11 is 0. The molecule has 4 rings (SSSR count). The minimum Gasteiger partial charge on any atom is -0.494 e. The van der Waals surface area contributed by atoms with Gasteiger partial charge >= 0.3 is 0 Å². The minimum atomic E-state index is -0.403. The number of rotatable bonds is 5. The van der Waals surface area contributed by atoms with E-state index in [1.165, 1.54) is 51.9 Å². The maximum absolute atomic E-state index is 14.1. The number of ether oxygens (including phenoxy) is 1. The number of halogens is 1. The van der Waals surface area contributed by atoms with Gasteiger partial charge < -0.3 is 15.0 Å². The Bertz CT molecular complexity index is 816. The first kappa shape index (κ1) is 19.3. The van der Waals surface area contributed by atoms with Gasteiger partial charge in [-0.15, -0.1) is 0 Å². The van der Waals surface area contributed by atoms with Gasteiger partial charge in [0.2, 0.25) is 0 Å². The van der Waals surface area contributed by atoms with Crippen molar-refractivity contribution >= 4 is 16.7 Å². The number of piperidine rings is 2. The summed E-state index contributed by atoms with van der Waals surface area (Å²) < 4.78 is 19.2. The Morgan fingerprint density at radius 2 is 1.86 bits per heavy atom. The van der Waals surface area contributed by atoms with E-state index in [1.807, 2.05) is 0 Å². The molecule has 2 aromatic rings. The molecular weight excluding hydrogens is 357 g/mol. The summed E-state index contributed by atoms with van der Waals surface area (Å²) in [6.45, 7) is 5.42. The quantitative estimate of drug-likeness (QED) is 0.851. The van der Waals surface area contributed by atoms with Crippen molar-refractivity contribution in [1.29, 1.82) is 0 Å². The number of hydrogen-bond donors (Lipinski definition) is 1. The van der Waals surface area contributed by atoms with Crippen molar-refractivity contribution < 1.29 is 9.13 Å². The molecule has 2 aliphatic heterocycles. The van der Waals surface area contributed by atoms with Crippen LogP contribution in [0.25, 0.3) is 10.9 Å². The summed E-state index contributed by atoms with van der Waals surface area (Å²) in [7, 11) is 3.68. The number of anilines is 1. The van der Waals surface area contributed by atoms with Crippen molar-refractivity contribution in [3.8, 4) is 5.75 Å². The molecule has 152 valence electrons. The van der Waals surface area contributed by atoms with Gasteiger partial charge in [0.1, 0.15) is 12.1 Å². The number of nitrogens with one attached hydrogen (secondary N) is 1. The highest BCUT2D eigenvalue weighted by atomic mass is 19.1. The number of methoxy groups -OCH3 is 1. The van der Waals surface area contributed by atoms with E-state index in [2.05, 4.69) is 32.1 Å². The Balaban J connectivity index is 1.60. The second-order valence-corrected chi connectivity index (χ2v) is 8.16. The normalized spacial score (nSPS) is 21.0. The molecule has 6 nitrogen and oxygen atoms in total. The second-order valence-electron chi connectivity index (χ2n) is 8.16. The van der Waals surface area contributed by atoms with Crippen LogP contribution in [0.1, 0.15) is 32.1 Å². The third kappa shape index (κ3) is 3.78. The molecule has 0 saturated carbocycles. The molecule has 1 aromatic heterocycles. The topological polar surface area (TPSA) is 53.5 Å². The Morgan fingerprint density at radius 1 is 1.11 bits per heavy atom. The average molecular weight is 388 g/mol. The van der Waals surface area contributed by atoms with Crippen LogP contribution in [0, 0.1) is 5.82 Å². The lowest BCUT2D eigenvalue weighted by molar-refractivity contribution is 0.0234. The SMILES string of the molecule is COc1cc2c(NCC3(N4CCCCC4)CCN(C)CC3)ncnc2cc1F. The van der Waals surface area contributed by atoms with E-state index in [0.717, 1.165) is 43.7 Å². The number of benzene rings is 1. The summed E-state index contributed by atoms with van der Waals surface area (Å²) in [5, 5.41) is 4.39. The molecule has 1 aromatic carbocycles. The van der Waals surface area contributed by atoms with Crippen molar-refractivity contribution in [1.82, 2.24) is 19.8 Å². The predicted molar refractivity (Wildman–Crippen MR) is 109 cm³/mol. The summed E-state index contributed by atoms with van der Waals surface area (Å²) in [5.41, 5.74) is 0.736. The fourth-order valence-corrected chi connectivity index (χ4v) is 4.61. The predicted octanol–water partition coefficient (Wildman–Crippen LogP) is 3.14. The number of nitrogens with zero attached hydrogens (tertiary/aromatic N) is 4. The van der Waals surface area contributed by atoms with Crippen LogP contribution in [0.4, 0.5) is 10.2 Å². The summed E-state index contributed by atoms with van der Waals surface area (Å²) in [6.07, 6.45) is 7.70. The third-order valence-corrected chi connectivity index (χ3v) is 6.44. The van der Waals surface area contributed by atoms with Crippen LogP contribution in [-0.4, -0.2) is 72.2 Å². The van der Waals surface area contributed by atoms with E-state index in [1.54, 1.807) is 6.07 Å². The molecule has 0 amide bonds. The molecule has 2 saturated heterocycles. The molecule has 1 N–H and O–H groups in total. The van der Waals surface area contributed by atoms with E-state index in [0.29, 0.717) is 5.52 Å². The zero-order valence-corrected chi connectivity index (χ0v) is 16.9. The van der Waals surface area contributed by atoms with Crippen LogP contribution in [0.3, 0.4) is 0 Å². The van der Waals surface area contributed by atoms with Crippen LogP contribution in [0.15, 0.2) is 18.5 Å². The summed E-state index contributed by atoms with van der Waals surface area (Å²) in [6, 6.07) is 3.10.